The summed E-state index contributed by atoms with van der Waals surface area (Å²) in [6.45, 7) is 9.28. The molecule has 0 bridgehead atoms. The first-order chi connectivity index (χ1) is 24.8. The van der Waals surface area contributed by atoms with Gasteiger partial charge in [-0.15, -0.1) is 0 Å². The Morgan fingerprint density at radius 1 is 0.923 bits per heavy atom. The molecule has 52 heavy (non-hydrogen) atoms. The summed E-state index contributed by atoms with van der Waals surface area (Å²) < 4.78 is 32.6. The van der Waals surface area contributed by atoms with Gasteiger partial charge in [0.2, 0.25) is 0 Å². The maximum absolute atomic E-state index is 14.9. The van der Waals surface area contributed by atoms with Gasteiger partial charge in [0.05, 0.1) is 42.3 Å². The second kappa shape index (κ2) is 11.1. The molecular weight excluding hydrogens is 664 g/mol. The lowest BCUT2D eigenvalue weighted by atomic mass is 9.35. The highest BCUT2D eigenvalue weighted by atomic mass is 16.7. The van der Waals surface area contributed by atoms with Crippen molar-refractivity contribution in [2.24, 2.45) is 55.3 Å². The van der Waals surface area contributed by atoms with Crippen LogP contribution in [0.25, 0.3) is 0 Å². The third-order valence-corrected chi connectivity index (χ3v) is 16.7. The number of hydrogen-bond acceptors (Lipinski definition) is 11. The molecule has 4 saturated heterocycles. The zero-order valence-electron chi connectivity index (χ0n) is 31.1. The molecular formula is C41H54N2O9. The minimum absolute atomic E-state index is 0.0707. The van der Waals surface area contributed by atoms with E-state index in [0.29, 0.717) is 44.1 Å². The highest BCUT2D eigenvalue weighted by Crippen LogP contribution is 2.80. The number of aliphatic hydroxyl groups excluding tert-OH is 1. The van der Waals surface area contributed by atoms with Crippen molar-refractivity contribution < 1.29 is 43.2 Å². The minimum Gasteiger partial charge on any atom is -0.464 e. The molecule has 4 aliphatic carbocycles. The largest absolute Gasteiger partial charge is 0.464 e. The van der Waals surface area contributed by atoms with Crippen molar-refractivity contribution in [2.45, 2.75) is 146 Å². The van der Waals surface area contributed by atoms with Crippen molar-refractivity contribution in [1.29, 1.82) is 0 Å². The molecule has 6 heterocycles. The molecule has 10 aliphatic rings. The zero-order chi connectivity index (χ0) is 36.1. The fourth-order valence-corrected chi connectivity index (χ4v) is 14.5. The molecule has 4 saturated carbocycles. The Bertz CT molecular complexity index is 1690. The van der Waals surface area contributed by atoms with Gasteiger partial charge < -0.3 is 28.8 Å². The monoisotopic (exact) mass is 718 g/mol. The van der Waals surface area contributed by atoms with Gasteiger partial charge in [0.1, 0.15) is 30.8 Å². The lowest BCUT2D eigenvalue weighted by Crippen LogP contribution is -2.78. The molecule has 10 rings (SSSR count). The number of rotatable bonds is 5. The van der Waals surface area contributed by atoms with E-state index in [9.17, 15) is 19.5 Å². The molecule has 1 N–H and O–H groups in total. The summed E-state index contributed by atoms with van der Waals surface area (Å²) in [5.41, 5.74) is -3.35. The highest BCUT2D eigenvalue weighted by Gasteiger charge is 2.91. The van der Waals surface area contributed by atoms with E-state index in [0.717, 1.165) is 63.5 Å². The molecule has 11 unspecified atom stereocenters. The predicted octanol–water partition coefficient (Wildman–Crippen LogP) is 4.71. The number of hydrogen-bond donors (Lipinski definition) is 1. The molecule has 3 spiro atoms. The average Bonchev–Trinajstić information content (AvgIpc) is 3.60. The summed E-state index contributed by atoms with van der Waals surface area (Å²) in [6.07, 6.45) is 11.2. The zero-order valence-corrected chi connectivity index (χ0v) is 31.1. The third kappa shape index (κ3) is 3.99. The Labute approximate surface area is 305 Å². The number of nitrogens with zero attached hydrogens (tertiary/aromatic N) is 2. The Morgan fingerprint density at radius 3 is 2.42 bits per heavy atom. The molecule has 0 aromatic carbocycles. The first-order valence-corrected chi connectivity index (χ1v) is 20.2. The first kappa shape index (κ1) is 34.1. The van der Waals surface area contributed by atoms with Crippen LogP contribution in [-0.4, -0.2) is 96.4 Å². The van der Waals surface area contributed by atoms with Crippen LogP contribution in [0.15, 0.2) is 21.6 Å². The van der Waals surface area contributed by atoms with Gasteiger partial charge in [-0.25, -0.2) is 9.79 Å². The molecule has 6 aliphatic heterocycles. The normalized spacial score (nSPS) is 50.7. The van der Waals surface area contributed by atoms with Crippen molar-refractivity contribution >= 4 is 29.8 Å². The summed E-state index contributed by atoms with van der Waals surface area (Å²) in [6, 6.07) is 0. The molecule has 11 heteroatoms. The molecule has 11 nitrogen and oxygen atoms in total. The smallest absolute Gasteiger partial charge is 0.339 e. The van der Waals surface area contributed by atoms with E-state index in [4.69, 9.17) is 23.7 Å². The van der Waals surface area contributed by atoms with Gasteiger partial charge >= 0.3 is 11.9 Å². The van der Waals surface area contributed by atoms with E-state index >= 15 is 0 Å². The second-order valence-electron chi connectivity index (χ2n) is 19.1. The van der Waals surface area contributed by atoms with Gasteiger partial charge in [0.15, 0.2) is 11.9 Å². The number of Topliss-reactive ketones (excluding diaryl/α,β-unsaturated/α-hetero) is 1. The first-order valence-electron chi connectivity index (χ1n) is 20.2. The van der Waals surface area contributed by atoms with E-state index in [1.54, 1.807) is 6.34 Å². The summed E-state index contributed by atoms with van der Waals surface area (Å²) in [7, 11) is 0. The van der Waals surface area contributed by atoms with Crippen molar-refractivity contribution in [3.63, 3.8) is 0 Å². The topological polar surface area (TPSA) is 146 Å². The molecule has 0 aromatic rings. The van der Waals surface area contributed by atoms with Crippen molar-refractivity contribution in [3.05, 3.63) is 11.6 Å². The fraction of sp³-hybridized carbons (Fsp3) is 0.829. The maximum atomic E-state index is 14.9. The Balaban J connectivity index is 0.966. The summed E-state index contributed by atoms with van der Waals surface area (Å²) in [5, 5.41) is 12.5. The molecule has 0 aromatic heterocycles. The van der Waals surface area contributed by atoms with E-state index in [1.165, 1.54) is 5.71 Å². The number of cyclic esters (lactones) is 2. The number of fused-ring (bicyclic) bond motifs is 2. The van der Waals surface area contributed by atoms with Crippen LogP contribution >= 0.6 is 0 Å². The van der Waals surface area contributed by atoms with Gasteiger partial charge in [-0.05, 0) is 101 Å². The number of epoxide rings is 1. The number of aliphatic hydroxyl groups is 1. The molecule has 0 radical (unpaired) electrons. The van der Waals surface area contributed by atoms with Crippen molar-refractivity contribution in [1.82, 2.24) is 0 Å². The molecule has 8 fully saturated rings. The SMILES string of the molecule is CC1(C)OC2C3(CCCC3)C(=O)OCC23C1C(=O)C(O)C1(C)C3CCC2(C)C(C3=CCOC3CCC3CCC(C4=NC=NC4)CC3)OC(=O)C3OC321. The van der Waals surface area contributed by atoms with Crippen LogP contribution in [0.5, 0.6) is 0 Å². The average molecular weight is 719 g/mol. The number of ether oxygens (including phenoxy) is 5. The van der Waals surface area contributed by atoms with Crippen LogP contribution < -0.4 is 0 Å². The van der Waals surface area contributed by atoms with E-state index in [-0.39, 0.29) is 30.4 Å². The Kier molecular flexibility index (Phi) is 7.25. The minimum atomic E-state index is -1.38. The second-order valence-corrected chi connectivity index (χ2v) is 19.1. The van der Waals surface area contributed by atoms with E-state index < -0.39 is 69.2 Å². The van der Waals surface area contributed by atoms with Crippen LogP contribution in [0.1, 0.15) is 105 Å². The molecule has 0 amide bonds. The summed E-state index contributed by atoms with van der Waals surface area (Å²) >= 11 is 0. The number of ketones is 1. The predicted molar refractivity (Wildman–Crippen MR) is 187 cm³/mol. The van der Waals surface area contributed by atoms with E-state index in [1.807, 2.05) is 20.8 Å². The highest BCUT2D eigenvalue weighted by molar-refractivity contribution is 5.98. The van der Waals surface area contributed by atoms with Gasteiger partial charge in [-0.3, -0.25) is 14.6 Å². The van der Waals surface area contributed by atoms with Crippen molar-refractivity contribution in [2.75, 3.05) is 19.8 Å². The number of carbonyl (C=O) groups excluding carboxylic acids is 3. The summed E-state index contributed by atoms with van der Waals surface area (Å²) in [4.78, 5) is 51.4. The standard InChI is InChI=1S/C41H54N2O9/c1-36(2)29-28(44)30(45)38(4)27(40(29)20-49-35(47)39(34(40)52-36)15-5-6-16-39)13-17-37(3)31(50-33(46)32-41(37,38)51-32)24-14-18-48-26(24)12-9-22-7-10-23(11-8-22)25-19-42-21-43-25/h14,21-23,26-27,29-32,34,45H,5-13,15-20H2,1-4H3. The molecule has 282 valence electrons. The third-order valence-electron chi connectivity index (χ3n) is 16.7. The number of esters is 2. The van der Waals surface area contributed by atoms with Gasteiger partial charge in [-0.2, -0.15) is 0 Å². The fourth-order valence-electron chi connectivity index (χ4n) is 14.5. The number of aliphatic imine (C=N–C) groups is 2. The Morgan fingerprint density at radius 2 is 1.69 bits per heavy atom. The van der Waals surface area contributed by atoms with Gasteiger partial charge in [-0.1, -0.05) is 32.8 Å². The van der Waals surface area contributed by atoms with Crippen molar-refractivity contribution in [3.8, 4) is 0 Å². The number of carbonyl (C=O) groups is 3. The van der Waals surface area contributed by atoms with E-state index in [2.05, 4.69) is 23.0 Å². The quantitative estimate of drug-likeness (QED) is 0.243. The molecule has 11 atom stereocenters. The van der Waals surface area contributed by atoms with Crippen LogP contribution in [0.4, 0.5) is 0 Å². The van der Waals surface area contributed by atoms with Gasteiger partial charge in [0.25, 0.3) is 0 Å². The van der Waals surface area contributed by atoms with Crippen LogP contribution in [0, 0.1) is 45.3 Å². The maximum Gasteiger partial charge on any atom is 0.339 e. The van der Waals surface area contributed by atoms with Crippen LogP contribution in [0.2, 0.25) is 0 Å². The lowest BCUT2D eigenvalue weighted by molar-refractivity contribution is -0.261. The lowest BCUT2D eigenvalue weighted by Gasteiger charge is -2.67. The van der Waals surface area contributed by atoms with Crippen LogP contribution in [0.3, 0.4) is 0 Å². The van der Waals surface area contributed by atoms with Gasteiger partial charge in [0, 0.05) is 22.0 Å². The van der Waals surface area contributed by atoms with Crippen LogP contribution in [-0.2, 0) is 38.1 Å². The Hall–Kier alpha value is -2.47. The summed E-state index contributed by atoms with van der Waals surface area (Å²) in [5.74, 6) is -0.739.